The van der Waals surface area contributed by atoms with Gasteiger partial charge in [-0.2, -0.15) is 0 Å². The van der Waals surface area contributed by atoms with Crippen LogP contribution in [-0.2, 0) is 15.7 Å². The molecule has 0 radical (unpaired) electrons. The summed E-state index contributed by atoms with van der Waals surface area (Å²) < 4.78 is 18.5. The van der Waals surface area contributed by atoms with E-state index < -0.39 is 0 Å². The largest absolute Gasteiger partial charge is 0.464 e. The first kappa shape index (κ1) is 15.0. The second-order valence-electron chi connectivity index (χ2n) is 8.69. The van der Waals surface area contributed by atoms with E-state index in [0.29, 0.717) is 11.3 Å². The van der Waals surface area contributed by atoms with Crippen LogP contribution in [0.5, 0.6) is 0 Å². The summed E-state index contributed by atoms with van der Waals surface area (Å²) in [6, 6.07) is 8.22. The standard InChI is InChI=1S/C20H25BO3/c1-19(2)14-10-17(19)20(3)18(11-14)23-21(24-20)9-8-13-12-22-16-7-5-4-6-15(13)16/h4-7,12,14,17-18H,8-11H2,1-3H3/t14-,17-,18+,20-/m0/s1. The summed E-state index contributed by atoms with van der Waals surface area (Å²) in [5, 5.41) is 1.21. The Kier molecular flexibility index (Phi) is 3.06. The molecule has 4 fully saturated rings. The first-order valence-electron chi connectivity index (χ1n) is 9.27. The lowest BCUT2D eigenvalue weighted by atomic mass is 9.43. The smallest absolute Gasteiger partial charge is 0.457 e. The maximum Gasteiger partial charge on any atom is 0.457 e. The zero-order valence-electron chi connectivity index (χ0n) is 14.7. The van der Waals surface area contributed by atoms with E-state index in [9.17, 15) is 0 Å². The lowest BCUT2D eigenvalue weighted by Gasteiger charge is -2.64. The Labute approximate surface area is 143 Å². The van der Waals surface area contributed by atoms with Gasteiger partial charge in [-0.05, 0) is 61.4 Å². The topological polar surface area (TPSA) is 31.6 Å². The molecule has 0 spiro atoms. The molecule has 3 saturated carbocycles. The second kappa shape index (κ2) is 4.89. The van der Waals surface area contributed by atoms with Gasteiger partial charge in [0.2, 0.25) is 0 Å². The van der Waals surface area contributed by atoms with Crippen LogP contribution in [0.1, 0.15) is 39.2 Å². The average Bonchev–Trinajstić information content (AvgIpc) is 3.12. The minimum absolute atomic E-state index is 0.0798. The van der Waals surface area contributed by atoms with Gasteiger partial charge >= 0.3 is 7.12 Å². The molecule has 2 heterocycles. The fourth-order valence-electron chi connectivity index (χ4n) is 5.58. The summed E-state index contributed by atoms with van der Waals surface area (Å²) in [7, 11) is -0.0798. The van der Waals surface area contributed by atoms with Crippen LogP contribution in [0.2, 0.25) is 6.32 Å². The number of para-hydroxylation sites is 1. The Hall–Kier alpha value is -1.26. The van der Waals surface area contributed by atoms with E-state index in [1.807, 2.05) is 18.4 Å². The van der Waals surface area contributed by atoms with Crippen molar-refractivity contribution in [3.05, 3.63) is 36.1 Å². The fourth-order valence-corrected chi connectivity index (χ4v) is 5.58. The van der Waals surface area contributed by atoms with Crippen molar-refractivity contribution in [2.75, 3.05) is 0 Å². The van der Waals surface area contributed by atoms with Crippen molar-refractivity contribution in [3.63, 3.8) is 0 Å². The summed E-state index contributed by atoms with van der Waals surface area (Å²) in [6.07, 6.45) is 6.46. The molecule has 2 bridgehead atoms. The van der Waals surface area contributed by atoms with Crippen molar-refractivity contribution in [2.24, 2.45) is 17.3 Å². The maximum absolute atomic E-state index is 6.50. The highest BCUT2D eigenvalue weighted by atomic mass is 16.7. The van der Waals surface area contributed by atoms with Gasteiger partial charge in [0.15, 0.2) is 0 Å². The van der Waals surface area contributed by atoms with E-state index >= 15 is 0 Å². The van der Waals surface area contributed by atoms with Gasteiger partial charge in [0.1, 0.15) is 5.58 Å². The molecule has 0 amide bonds. The van der Waals surface area contributed by atoms with Gasteiger partial charge in [0.05, 0.1) is 18.0 Å². The van der Waals surface area contributed by atoms with Crippen molar-refractivity contribution in [3.8, 4) is 0 Å². The molecule has 0 N–H and O–H groups in total. The Balaban J connectivity index is 1.30. The molecule has 2 aromatic rings. The van der Waals surface area contributed by atoms with Crippen LogP contribution in [0.4, 0.5) is 0 Å². The normalized spacial score (nSPS) is 36.6. The highest BCUT2D eigenvalue weighted by Gasteiger charge is 2.67. The maximum atomic E-state index is 6.50. The minimum Gasteiger partial charge on any atom is -0.464 e. The highest BCUT2D eigenvalue weighted by Crippen LogP contribution is 2.65. The molecule has 6 rings (SSSR count). The predicted octanol–water partition coefficient (Wildman–Crippen LogP) is 4.70. The molecule has 4 atom stereocenters. The third-order valence-corrected chi connectivity index (χ3v) is 7.21. The van der Waals surface area contributed by atoms with Gasteiger partial charge in [0.25, 0.3) is 0 Å². The molecule has 126 valence electrons. The van der Waals surface area contributed by atoms with E-state index in [0.717, 1.165) is 30.7 Å². The van der Waals surface area contributed by atoms with Gasteiger partial charge in [0, 0.05) is 5.39 Å². The molecule has 1 aromatic heterocycles. The summed E-state index contributed by atoms with van der Waals surface area (Å²) in [5.74, 6) is 1.44. The van der Waals surface area contributed by atoms with Crippen LogP contribution >= 0.6 is 0 Å². The van der Waals surface area contributed by atoms with Crippen molar-refractivity contribution in [1.82, 2.24) is 0 Å². The van der Waals surface area contributed by atoms with E-state index in [4.69, 9.17) is 13.7 Å². The number of fused-ring (bicyclic) bond motifs is 1. The van der Waals surface area contributed by atoms with Crippen molar-refractivity contribution < 1.29 is 13.7 Å². The molecule has 4 heteroatoms. The number of furan rings is 1. The van der Waals surface area contributed by atoms with Gasteiger partial charge in [-0.25, -0.2) is 0 Å². The first-order chi connectivity index (χ1) is 11.5. The minimum atomic E-state index is -0.0959. The van der Waals surface area contributed by atoms with E-state index in [1.165, 1.54) is 17.4 Å². The number of rotatable bonds is 3. The van der Waals surface area contributed by atoms with Gasteiger partial charge < -0.3 is 13.7 Å². The second-order valence-corrected chi connectivity index (χ2v) is 8.69. The molecule has 3 nitrogen and oxygen atoms in total. The van der Waals surface area contributed by atoms with Crippen LogP contribution < -0.4 is 0 Å². The number of hydrogen-bond acceptors (Lipinski definition) is 3. The predicted molar refractivity (Wildman–Crippen MR) is 94.8 cm³/mol. The van der Waals surface area contributed by atoms with Crippen LogP contribution in [0.3, 0.4) is 0 Å². The van der Waals surface area contributed by atoms with Crippen LogP contribution in [-0.4, -0.2) is 18.8 Å². The molecule has 1 saturated heterocycles. The Bertz CT molecular complexity index is 782. The molecule has 0 unspecified atom stereocenters. The van der Waals surface area contributed by atoms with Gasteiger partial charge in [-0.15, -0.1) is 0 Å². The van der Waals surface area contributed by atoms with E-state index in [2.05, 4.69) is 32.9 Å². The van der Waals surface area contributed by atoms with E-state index in [1.54, 1.807) is 0 Å². The molecular formula is C20H25BO3. The lowest BCUT2D eigenvalue weighted by molar-refractivity contribution is -0.199. The number of hydrogen-bond donors (Lipinski definition) is 0. The van der Waals surface area contributed by atoms with Gasteiger partial charge in [-0.3, -0.25) is 0 Å². The Morgan fingerprint density at radius 1 is 1.17 bits per heavy atom. The van der Waals surface area contributed by atoms with Crippen molar-refractivity contribution in [2.45, 2.75) is 58.1 Å². The molecular weight excluding hydrogens is 299 g/mol. The summed E-state index contributed by atoms with van der Waals surface area (Å²) in [5.41, 5.74) is 2.53. The average molecular weight is 324 g/mol. The Morgan fingerprint density at radius 2 is 2.00 bits per heavy atom. The molecule has 4 aliphatic rings. The first-order valence-corrected chi connectivity index (χ1v) is 9.27. The zero-order valence-corrected chi connectivity index (χ0v) is 14.7. The van der Waals surface area contributed by atoms with E-state index in [-0.39, 0.29) is 18.8 Å². The summed E-state index contributed by atoms with van der Waals surface area (Å²) in [6.45, 7) is 7.09. The van der Waals surface area contributed by atoms with Crippen LogP contribution in [0, 0.1) is 17.3 Å². The quantitative estimate of drug-likeness (QED) is 0.767. The van der Waals surface area contributed by atoms with Crippen molar-refractivity contribution in [1.29, 1.82) is 0 Å². The highest BCUT2D eigenvalue weighted by molar-refractivity contribution is 6.45. The third-order valence-electron chi connectivity index (χ3n) is 7.21. The summed E-state index contributed by atoms with van der Waals surface area (Å²) in [4.78, 5) is 0. The summed E-state index contributed by atoms with van der Waals surface area (Å²) >= 11 is 0. The fraction of sp³-hybridized carbons (Fsp3) is 0.600. The lowest BCUT2D eigenvalue weighted by Crippen LogP contribution is -2.65. The molecule has 1 aliphatic heterocycles. The number of benzene rings is 1. The van der Waals surface area contributed by atoms with Crippen LogP contribution in [0.15, 0.2) is 34.9 Å². The monoisotopic (exact) mass is 324 g/mol. The number of aryl methyl sites for hydroxylation is 1. The molecule has 3 aliphatic carbocycles. The molecule has 1 aromatic carbocycles. The third kappa shape index (κ3) is 1.93. The van der Waals surface area contributed by atoms with Crippen LogP contribution in [0.25, 0.3) is 11.0 Å². The SMILES string of the molecule is CC1(C)[C@@H]2C[C@H]3OB(CCc4coc5ccccc45)O[C@@]3(C)[C@H]1C2. The van der Waals surface area contributed by atoms with Gasteiger partial charge in [-0.1, -0.05) is 32.0 Å². The zero-order chi connectivity index (χ0) is 16.5. The Morgan fingerprint density at radius 3 is 2.83 bits per heavy atom. The van der Waals surface area contributed by atoms with Crippen molar-refractivity contribution >= 4 is 18.1 Å². The molecule has 24 heavy (non-hydrogen) atoms.